The fourth-order valence-electron chi connectivity index (χ4n) is 2.55. The summed E-state index contributed by atoms with van der Waals surface area (Å²) in [6.07, 6.45) is -4.43. The molecule has 2 aromatic carbocycles. The Hall–Kier alpha value is -3.56. The standard InChI is InChI=1S/C18H12F3N3O4/c19-18(20,21)12-4-1-10(2-5-12)16-23-24-17(28-16)22-15(25)11-3-6-13-14(9-11)27-8-7-26-13/h1-6,9H,7-8H2,(H,22,24,25). The molecule has 2 heterocycles. The minimum atomic E-state index is -4.43. The Labute approximate surface area is 156 Å². The summed E-state index contributed by atoms with van der Waals surface area (Å²) in [7, 11) is 0. The highest BCUT2D eigenvalue weighted by Gasteiger charge is 2.30. The second-order valence-corrected chi connectivity index (χ2v) is 5.80. The van der Waals surface area contributed by atoms with Crippen molar-refractivity contribution in [3.05, 3.63) is 53.6 Å². The normalized spacial score (nSPS) is 13.2. The fraction of sp³-hybridized carbons (Fsp3) is 0.167. The molecule has 0 atom stereocenters. The highest BCUT2D eigenvalue weighted by atomic mass is 19.4. The molecular weight excluding hydrogens is 379 g/mol. The molecule has 0 bridgehead atoms. The van der Waals surface area contributed by atoms with Crippen LogP contribution in [0.2, 0.25) is 0 Å². The van der Waals surface area contributed by atoms with Crippen LogP contribution in [0.3, 0.4) is 0 Å². The second kappa shape index (κ2) is 6.87. The zero-order chi connectivity index (χ0) is 19.7. The number of nitrogens with zero attached hydrogens (tertiary/aromatic N) is 2. The Kier molecular flexibility index (Phi) is 4.38. The topological polar surface area (TPSA) is 86.5 Å². The maximum Gasteiger partial charge on any atom is 0.416 e. The molecular formula is C18H12F3N3O4. The molecule has 0 aliphatic carbocycles. The highest BCUT2D eigenvalue weighted by Crippen LogP contribution is 2.32. The summed E-state index contributed by atoms with van der Waals surface area (Å²) < 4.78 is 54.0. The molecule has 7 nitrogen and oxygen atoms in total. The first-order valence-corrected chi connectivity index (χ1v) is 8.12. The number of amides is 1. The van der Waals surface area contributed by atoms with Crippen LogP contribution in [0.25, 0.3) is 11.5 Å². The number of hydrogen-bond donors (Lipinski definition) is 1. The number of anilines is 1. The van der Waals surface area contributed by atoms with Crippen LogP contribution < -0.4 is 14.8 Å². The first-order valence-electron chi connectivity index (χ1n) is 8.12. The Bertz CT molecular complexity index is 1020. The summed E-state index contributed by atoms with van der Waals surface area (Å²) in [5.74, 6) is 0.464. The molecule has 0 saturated carbocycles. The van der Waals surface area contributed by atoms with Gasteiger partial charge in [-0.3, -0.25) is 10.1 Å². The fourth-order valence-corrected chi connectivity index (χ4v) is 2.55. The van der Waals surface area contributed by atoms with Crippen molar-refractivity contribution in [1.82, 2.24) is 10.2 Å². The highest BCUT2D eigenvalue weighted by molar-refractivity contribution is 6.03. The molecule has 0 unspecified atom stereocenters. The van der Waals surface area contributed by atoms with Crippen molar-refractivity contribution in [2.75, 3.05) is 18.5 Å². The Morgan fingerprint density at radius 3 is 2.39 bits per heavy atom. The molecule has 0 fully saturated rings. The Balaban J connectivity index is 1.48. The van der Waals surface area contributed by atoms with Crippen LogP contribution >= 0.6 is 0 Å². The number of aromatic nitrogens is 2. The van der Waals surface area contributed by atoms with Gasteiger partial charge in [0.25, 0.3) is 5.91 Å². The molecule has 4 rings (SSSR count). The SMILES string of the molecule is O=C(Nc1nnc(-c2ccc(C(F)(F)F)cc2)o1)c1ccc2c(c1)OCCO2. The first-order chi connectivity index (χ1) is 13.4. The quantitative estimate of drug-likeness (QED) is 0.731. The number of alkyl halides is 3. The van der Waals surface area contributed by atoms with Crippen LogP contribution in [0.15, 0.2) is 46.9 Å². The van der Waals surface area contributed by atoms with Crippen molar-refractivity contribution in [3.8, 4) is 23.0 Å². The van der Waals surface area contributed by atoms with Crippen molar-refractivity contribution >= 4 is 11.9 Å². The van der Waals surface area contributed by atoms with E-state index in [1.165, 1.54) is 18.2 Å². The lowest BCUT2D eigenvalue weighted by Crippen LogP contribution is -2.17. The van der Waals surface area contributed by atoms with Crippen LogP contribution in [0.1, 0.15) is 15.9 Å². The van der Waals surface area contributed by atoms with E-state index in [1.54, 1.807) is 12.1 Å². The third-order valence-corrected chi connectivity index (χ3v) is 3.91. The van der Waals surface area contributed by atoms with Gasteiger partial charge in [0.05, 0.1) is 5.56 Å². The van der Waals surface area contributed by atoms with Crippen molar-refractivity contribution in [1.29, 1.82) is 0 Å². The number of fused-ring (bicyclic) bond motifs is 1. The van der Waals surface area contributed by atoms with Crippen LogP contribution in [-0.4, -0.2) is 29.3 Å². The number of rotatable bonds is 3. The number of benzene rings is 2. The van der Waals surface area contributed by atoms with Crippen LogP contribution in [-0.2, 0) is 6.18 Å². The summed E-state index contributed by atoms with van der Waals surface area (Å²) in [6, 6.07) is 8.75. The van der Waals surface area contributed by atoms with E-state index in [2.05, 4.69) is 15.5 Å². The van der Waals surface area contributed by atoms with E-state index in [0.29, 0.717) is 35.8 Å². The number of carbonyl (C=O) groups is 1. The lowest BCUT2D eigenvalue weighted by Gasteiger charge is -2.18. The van der Waals surface area contributed by atoms with Crippen molar-refractivity contribution in [2.24, 2.45) is 0 Å². The van der Waals surface area contributed by atoms with Crippen LogP contribution in [0.5, 0.6) is 11.5 Å². The summed E-state index contributed by atoms with van der Waals surface area (Å²) in [6.45, 7) is 0.825. The molecule has 1 aliphatic rings. The number of hydrogen-bond acceptors (Lipinski definition) is 6. The molecule has 10 heteroatoms. The maximum absolute atomic E-state index is 12.6. The molecule has 0 spiro atoms. The van der Waals surface area contributed by atoms with Crippen molar-refractivity contribution in [2.45, 2.75) is 6.18 Å². The number of halogens is 3. The summed E-state index contributed by atoms with van der Waals surface area (Å²) in [5.41, 5.74) is -0.207. The van der Waals surface area contributed by atoms with E-state index in [9.17, 15) is 18.0 Å². The molecule has 3 aromatic rings. The minimum Gasteiger partial charge on any atom is -0.486 e. The van der Waals surface area contributed by atoms with Gasteiger partial charge < -0.3 is 13.9 Å². The van der Waals surface area contributed by atoms with Gasteiger partial charge in [-0.15, -0.1) is 5.10 Å². The molecule has 1 amide bonds. The number of ether oxygens (including phenoxy) is 2. The molecule has 1 N–H and O–H groups in total. The van der Waals surface area contributed by atoms with Gasteiger partial charge in [-0.05, 0) is 42.5 Å². The maximum atomic E-state index is 12.6. The smallest absolute Gasteiger partial charge is 0.416 e. The molecule has 0 radical (unpaired) electrons. The van der Waals surface area contributed by atoms with Gasteiger partial charge in [0, 0.05) is 11.1 Å². The third kappa shape index (κ3) is 3.61. The van der Waals surface area contributed by atoms with Crippen molar-refractivity contribution < 1.29 is 31.9 Å². The van der Waals surface area contributed by atoms with Gasteiger partial charge in [-0.25, -0.2) is 0 Å². The van der Waals surface area contributed by atoms with E-state index in [-0.39, 0.29) is 11.9 Å². The largest absolute Gasteiger partial charge is 0.486 e. The predicted octanol–water partition coefficient (Wildman–Crippen LogP) is 3.78. The van der Waals surface area contributed by atoms with Crippen LogP contribution in [0.4, 0.5) is 19.2 Å². The molecule has 1 aliphatic heterocycles. The van der Waals surface area contributed by atoms with Gasteiger partial charge in [-0.1, -0.05) is 5.10 Å². The van der Waals surface area contributed by atoms with Crippen LogP contribution in [0, 0.1) is 0 Å². The third-order valence-electron chi connectivity index (χ3n) is 3.91. The zero-order valence-corrected chi connectivity index (χ0v) is 14.1. The lowest BCUT2D eigenvalue weighted by molar-refractivity contribution is -0.137. The van der Waals surface area contributed by atoms with Gasteiger partial charge in [-0.2, -0.15) is 13.2 Å². The first kappa shape index (κ1) is 17.8. The lowest BCUT2D eigenvalue weighted by atomic mass is 10.1. The van der Waals surface area contributed by atoms with E-state index >= 15 is 0 Å². The van der Waals surface area contributed by atoms with Gasteiger partial charge in [0.1, 0.15) is 13.2 Å². The van der Waals surface area contributed by atoms with Crippen molar-refractivity contribution in [3.63, 3.8) is 0 Å². The van der Waals surface area contributed by atoms with E-state index in [1.807, 2.05) is 0 Å². The number of carbonyl (C=O) groups excluding carboxylic acids is 1. The van der Waals surface area contributed by atoms with Gasteiger partial charge in [0.2, 0.25) is 5.89 Å². The van der Waals surface area contributed by atoms with Gasteiger partial charge >= 0.3 is 12.2 Å². The average molecular weight is 391 g/mol. The second-order valence-electron chi connectivity index (χ2n) is 5.80. The monoisotopic (exact) mass is 391 g/mol. The summed E-state index contributed by atoms with van der Waals surface area (Å²) in [5, 5.41) is 9.86. The minimum absolute atomic E-state index is 0.0220. The molecule has 144 valence electrons. The predicted molar refractivity (Wildman–Crippen MR) is 90.1 cm³/mol. The molecule has 1 aromatic heterocycles. The van der Waals surface area contributed by atoms with E-state index in [0.717, 1.165) is 12.1 Å². The summed E-state index contributed by atoms with van der Waals surface area (Å²) in [4.78, 5) is 12.3. The number of nitrogens with one attached hydrogen (secondary N) is 1. The van der Waals surface area contributed by atoms with E-state index in [4.69, 9.17) is 13.9 Å². The average Bonchev–Trinajstić information content (AvgIpc) is 3.15. The zero-order valence-electron chi connectivity index (χ0n) is 14.1. The van der Waals surface area contributed by atoms with E-state index < -0.39 is 17.6 Å². The molecule has 0 saturated heterocycles. The Morgan fingerprint density at radius 1 is 0.964 bits per heavy atom. The Morgan fingerprint density at radius 2 is 1.68 bits per heavy atom. The van der Waals surface area contributed by atoms with Gasteiger partial charge in [0.15, 0.2) is 11.5 Å². The molecule has 28 heavy (non-hydrogen) atoms. The summed E-state index contributed by atoms with van der Waals surface area (Å²) >= 11 is 0.